The molecular weight excluding hydrogens is 250 g/mol. The third-order valence-corrected chi connectivity index (χ3v) is 3.62. The molecule has 0 saturated heterocycles. The van der Waals surface area contributed by atoms with Gasteiger partial charge in [-0.1, -0.05) is 6.42 Å². The monoisotopic (exact) mass is 269 g/mol. The quantitative estimate of drug-likeness (QED) is 0.431. The Morgan fingerprint density at radius 2 is 2.17 bits per heavy atom. The van der Waals surface area contributed by atoms with E-state index in [9.17, 15) is 4.79 Å². The maximum atomic E-state index is 10.3. The van der Waals surface area contributed by atoms with Crippen LogP contribution in [-0.2, 0) is 4.79 Å². The molecule has 0 bridgehead atoms. The van der Waals surface area contributed by atoms with E-state index in [1.165, 1.54) is 0 Å². The van der Waals surface area contributed by atoms with E-state index >= 15 is 0 Å². The number of thioether (sulfide) groups is 1. The van der Waals surface area contributed by atoms with Gasteiger partial charge in [-0.3, -0.25) is 4.79 Å². The molecule has 1 aromatic rings. The SMILES string of the molecule is COc1cc(N)ccc1SCCCCCC(=O)O. The molecule has 0 atom stereocenters. The molecule has 0 spiro atoms. The Kier molecular flexibility index (Phi) is 6.43. The number of carbonyl (C=O) groups is 1. The number of carboxylic acid groups (broad SMARTS) is 1. The summed E-state index contributed by atoms with van der Waals surface area (Å²) in [4.78, 5) is 11.4. The lowest BCUT2D eigenvalue weighted by atomic mass is 10.2. The summed E-state index contributed by atoms with van der Waals surface area (Å²) in [6.07, 6.45) is 2.95. The first-order valence-electron chi connectivity index (χ1n) is 5.91. The summed E-state index contributed by atoms with van der Waals surface area (Å²) in [5.41, 5.74) is 6.37. The molecular formula is C13H19NO3S. The van der Waals surface area contributed by atoms with Crippen LogP contribution in [0.4, 0.5) is 5.69 Å². The summed E-state index contributed by atoms with van der Waals surface area (Å²) >= 11 is 1.71. The van der Waals surface area contributed by atoms with Gasteiger partial charge in [-0.2, -0.15) is 0 Å². The largest absolute Gasteiger partial charge is 0.496 e. The van der Waals surface area contributed by atoms with Crippen molar-refractivity contribution in [1.29, 1.82) is 0 Å². The van der Waals surface area contributed by atoms with Crippen LogP contribution in [0.5, 0.6) is 5.75 Å². The normalized spacial score (nSPS) is 10.3. The number of carboxylic acids is 1. The van der Waals surface area contributed by atoms with Gasteiger partial charge in [0.15, 0.2) is 0 Å². The van der Waals surface area contributed by atoms with Crippen LogP contribution in [0.2, 0.25) is 0 Å². The van der Waals surface area contributed by atoms with Crippen molar-refractivity contribution in [2.75, 3.05) is 18.6 Å². The van der Waals surface area contributed by atoms with Crippen molar-refractivity contribution < 1.29 is 14.6 Å². The fourth-order valence-electron chi connectivity index (χ4n) is 1.54. The molecule has 0 aliphatic rings. The Balaban J connectivity index is 2.28. The van der Waals surface area contributed by atoms with Crippen molar-refractivity contribution in [3.05, 3.63) is 18.2 Å². The number of nitrogens with two attached hydrogens (primary N) is 1. The van der Waals surface area contributed by atoms with Crippen LogP contribution in [0, 0.1) is 0 Å². The molecule has 0 aliphatic carbocycles. The zero-order valence-corrected chi connectivity index (χ0v) is 11.3. The van der Waals surface area contributed by atoms with E-state index in [2.05, 4.69) is 0 Å². The molecule has 0 unspecified atom stereocenters. The first-order chi connectivity index (χ1) is 8.63. The third-order valence-electron chi connectivity index (χ3n) is 2.48. The van der Waals surface area contributed by atoms with Gasteiger partial charge >= 0.3 is 5.97 Å². The third kappa shape index (κ3) is 5.31. The van der Waals surface area contributed by atoms with Gasteiger partial charge in [0.25, 0.3) is 0 Å². The lowest BCUT2D eigenvalue weighted by Crippen LogP contribution is -1.94. The average molecular weight is 269 g/mol. The highest BCUT2D eigenvalue weighted by Gasteiger charge is 2.04. The van der Waals surface area contributed by atoms with Crippen molar-refractivity contribution >= 4 is 23.4 Å². The number of ether oxygens (including phenoxy) is 1. The number of anilines is 1. The van der Waals surface area contributed by atoms with Gasteiger partial charge in [0.2, 0.25) is 0 Å². The number of hydrogen-bond acceptors (Lipinski definition) is 4. The molecule has 0 saturated carbocycles. The smallest absolute Gasteiger partial charge is 0.303 e. The molecule has 0 heterocycles. The molecule has 3 N–H and O–H groups in total. The van der Waals surface area contributed by atoms with Crippen molar-refractivity contribution in [1.82, 2.24) is 0 Å². The van der Waals surface area contributed by atoms with Crippen molar-refractivity contribution in [2.45, 2.75) is 30.6 Å². The van der Waals surface area contributed by atoms with Gasteiger partial charge < -0.3 is 15.6 Å². The number of methoxy groups -OCH3 is 1. The molecule has 0 amide bonds. The zero-order chi connectivity index (χ0) is 13.4. The lowest BCUT2D eigenvalue weighted by Gasteiger charge is -2.08. The van der Waals surface area contributed by atoms with Gasteiger partial charge in [-0.25, -0.2) is 0 Å². The van der Waals surface area contributed by atoms with Crippen LogP contribution >= 0.6 is 11.8 Å². The van der Waals surface area contributed by atoms with Crippen LogP contribution < -0.4 is 10.5 Å². The topological polar surface area (TPSA) is 72.5 Å². The minimum absolute atomic E-state index is 0.260. The van der Waals surface area contributed by atoms with E-state index < -0.39 is 5.97 Å². The van der Waals surface area contributed by atoms with Crippen molar-refractivity contribution in [3.63, 3.8) is 0 Å². The summed E-state index contributed by atoms with van der Waals surface area (Å²) in [6, 6.07) is 5.62. The first-order valence-corrected chi connectivity index (χ1v) is 6.90. The first kappa shape index (κ1) is 14.7. The fourth-order valence-corrected chi connectivity index (χ4v) is 2.56. The minimum Gasteiger partial charge on any atom is -0.496 e. The van der Waals surface area contributed by atoms with Gasteiger partial charge in [-0.05, 0) is 30.7 Å². The lowest BCUT2D eigenvalue weighted by molar-refractivity contribution is -0.137. The highest BCUT2D eigenvalue weighted by molar-refractivity contribution is 7.99. The van der Waals surface area contributed by atoms with Crippen LogP contribution in [0.15, 0.2) is 23.1 Å². The van der Waals surface area contributed by atoms with Crippen molar-refractivity contribution in [2.24, 2.45) is 0 Å². The van der Waals surface area contributed by atoms with E-state index in [4.69, 9.17) is 15.6 Å². The summed E-state index contributed by atoms with van der Waals surface area (Å²) in [5.74, 6) is 1.04. The molecule has 5 heteroatoms. The molecule has 1 rings (SSSR count). The highest BCUT2D eigenvalue weighted by atomic mass is 32.2. The van der Waals surface area contributed by atoms with Crippen molar-refractivity contribution in [3.8, 4) is 5.75 Å². The second kappa shape index (κ2) is 7.87. The summed E-state index contributed by atoms with van der Waals surface area (Å²) in [6.45, 7) is 0. The number of nitrogen functional groups attached to an aromatic ring is 1. The Morgan fingerprint density at radius 3 is 2.83 bits per heavy atom. The van der Waals surface area contributed by atoms with Crippen LogP contribution in [0.25, 0.3) is 0 Å². The Labute approximate surface area is 112 Å². The Hall–Kier alpha value is -1.36. The molecule has 0 aliphatic heterocycles. The molecule has 100 valence electrons. The van der Waals surface area contributed by atoms with Gasteiger partial charge in [0.05, 0.1) is 7.11 Å². The number of hydrogen-bond donors (Lipinski definition) is 2. The number of unbranched alkanes of at least 4 members (excludes halogenated alkanes) is 2. The van der Waals surface area contributed by atoms with Crippen LogP contribution in [-0.4, -0.2) is 23.9 Å². The fraction of sp³-hybridized carbons (Fsp3) is 0.462. The van der Waals surface area contributed by atoms with Gasteiger partial charge in [0, 0.05) is 23.1 Å². The molecule has 0 fully saturated rings. The Bertz CT molecular complexity index is 396. The van der Waals surface area contributed by atoms with E-state index in [0.717, 1.165) is 35.7 Å². The summed E-state index contributed by atoms with van der Waals surface area (Å²) in [7, 11) is 1.63. The summed E-state index contributed by atoms with van der Waals surface area (Å²) < 4.78 is 5.26. The number of rotatable bonds is 8. The summed E-state index contributed by atoms with van der Waals surface area (Å²) in [5, 5.41) is 8.51. The molecule has 18 heavy (non-hydrogen) atoms. The van der Waals surface area contributed by atoms with E-state index in [1.807, 2.05) is 18.2 Å². The average Bonchev–Trinajstić information content (AvgIpc) is 2.34. The van der Waals surface area contributed by atoms with Gasteiger partial charge in [-0.15, -0.1) is 11.8 Å². The Morgan fingerprint density at radius 1 is 1.39 bits per heavy atom. The predicted molar refractivity (Wildman–Crippen MR) is 74.2 cm³/mol. The molecule has 0 aromatic heterocycles. The van der Waals surface area contributed by atoms with E-state index in [0.29, 0.717) is 5.69 Å². The maximum Gasteiger partial charge on any atom is 0.303 e. The molecule has 4 nitrogen and oxygen atoms in total. The van der Waals surface area contributed by atoms with Crippen LogP contribution in [0.1, 0.15) is 25.7 Å². The second-order valence-electron chi connectivity index (χ2n) is 3.96. The predicted octanol–water partition coefficient (Wildman–Crippen LogP) is 3.01. The van der Waals surface area contributed by atoms with Crippen LogP contribution in [0.3, 0.4) is 0 Å². The van der Waals surface area contributed by atoms with Gasteiger partial charge in [0.1, 0.15) is 5.75 Å². The second-order valence-corrected chi connectivity index (χ2v) is 5.10. The standard InChI is InChI=1S/C13H19NO3S/c1-17-11-9-10(14)6-7-12(11)18-8-4-2-3-5-13(15)16/h6-7,9H,2-5,8,14H2,1H3,(H,15,16). The minimum atomic E-state index is -0.720. The molecule has 1 aromatic carbocycles. The highest BCUT2D eigenvalue weighted by Crippen LogP contribution is 2.31. The maximum absolute atomic E-state index is 10.3. The number of benzene rings is 1. The number of aliphatic carboxylic acids is 1. The molecule has 0 radical (unpaired) electrons. The van der Waals surface area contributed by atoms with E-state index in [1.54, 1.807) is 18.9 Å². The van der Waals surface area contributed by atoms with E-state index in [-0.39, 0.29) is 6.42 Å². The zero-order valence-electron chi connectivity index (χ0n) is 10.5.